The monoisotopic (exact) mass is 378 g/mol. The molecule has 9 heteroatoms. The minimum Gasteiger partial charge on any atom is -0.496 e. The number of carbonyl (C=O) groups excluding carboxylic acids is 2. The second kappa shape index (κ2) is 8.30. The van der Waals surface area contributed by atoms with Crippen molar-refractivity contribution in [1.82, 2.24) is 0 Å². The van der Waals surface area contributed by atoms with Gasteiger partial charge in [-0.1, -0.05) is 17.7 Å². The molecule has 0 saturated heterocycles. The lowest BCUT2D eigenvalue weighted by molar-refractivity contribution is -0.384. The molecule has 0 aliphatic rings. The molecule has 0 unspecified atom stereocenters. The zero-order valence-electron chi connectivity index (χ0n) is 13.9. The van der Waals surface area contributed by atoms with Crippen molar-refractivity contribution in [2.45, 2.75) is 13.0 Å². The molecule has 0 bridgehead atoms. The third-order valence-electron chi connectivity index (χ3n) is 3.36. The van der Waals surface area contributed by atoms with Crippen LogP contribution < -0.4 is 10.1 Å². The quantitative estimate of drug-likeness (QED) is 0.468. The Balaban J connectivity index is 2.12. The number of amides is 1. The zero-order chi connectivity index (χ0) is 19.3. The molecule has 0 saturated carbocycles. The number of ether oxygens (including phenoxy) is 2. The van der Waals surface area contributed by atoms with E-state index in [0.29, 0.717) is 10.7 Å². The highest BCUT2D eigenvalue weighted by Gasteiger charge is 2.23. The molecule has 0 heterocycles. The lowest BCUT2D eigenvalue weighted by atomic mass is 10.1. The van der Waals surface area contributed by atoms with E-state index in [1.54, 1.807) is 18.2 Å². The maximum absolute atomic E-state index is 12.3. The summed E-state index contributed by atoms with van der Waals surface area (Å²) < 4.78 is 10.1. The smallest absolute Gasteiger partial charge is 0.342 e. The van der Waals surface area contributed by atoms with Gasteiger partial charge in [-0.15, -0.1) is 0 Å². The molecule has 0 spiro atoms. The molecule has 26 heavy (non-hydrogen) atoms. The molecule has 1 amide bonds. The predicted molar refractivity (Wildman–Crippen MR) is 94.6 cm³/mol. The highest BCUT2D eigenvalue weighted by atomic mass is 35.5. The summed E-state index contributed by atoms with van der Waals surface area (Å²) in [6.45, 7) is 1.38. The number of rotatable bonds is 6. The van der Waals surface area contributed by atoms with Crippen LogP contribution in [-0.2, 0) is 9.53 Å². The van der Waals surface area contributed by atoms with Crippen LogP contribution in [0.5, 0.6) is 5.75 Å². The Hall–Kier alpha value is -3.13. The van der Waals surface area contributed by atoms with Crippen LogP contribution in [-0.4, -0.2) is 30.0 Å². The molecule has 2 aromatic carbocycles. The zero-order valence-corrected chi connectivity index (χ0v) is 14.6. The summed E-state index contributed by atoms with van der Waals surface area (Å²) in [5.74, 6) is -1.40. The van der Waals surface area contributed by atoms with Crippen LogP contribution in [0, 0.1) is 10.1 Å². The Kier molecular flexibility index (Phi) is 6.13. The van der Waals surface area contributed by atoms with Gasteiger partial charge >= 0.3 is 5.97 Å². The highest BCUT2D eigenvalue weighted by molar-refractivity contribution is 6.30. The van der Waals surface area contributed by atoms with E-state index < -0.39 is 22.9 Å². The fraction of sp³-hybridized carbons (Fsp3) is 0.176. The number of nitrogens with zero attached hydrogens (tertiary/aromatic N) is 1. The van der Waals surface area contributed by atoms with Gasteiger partial charge in [0.25, 0.3) is 11.6 Å². The molecule has 0 fully saturated rings. The van der Waals surface area contributed by atoms with Gasteiger partial charge in [-0.25, -0.2) is 4.79 Å². The lowest BCUT2D eigenvalue weighted by Gasteiger charge is -2.15. The van der Waals surface area contributed by atoms with Crippen molar-refractivity contribution in [3.63, 3.8) is 0 Å². The Morgan fingerprint density at radius 3 is 2.58 bits per heavy atom. The van der Waals surface area contributed by atoms with Crippen molar-refractivity contribution in [3.05, 3.63) is 63.2 Å². The van der Waals surface area contributed by atoms with Gasteiger partial charge in [0.05, 0.1) is 12.0 Å². The van der Waals surface area contributed by atoms with Crippen molar-refractivity contribution < 1.29 is 24.0 Å². The minimum absolute atomic E-state index is 0.100. The van der Waals surface area contributed by atoms with Crippen LogP contribution in [0.15, 0.2) is 42.5 Å². The fourth-order valence-electron chi connectivity index (χ4n) is 2.06. The molecular weight excluding hydrogens is 364 g/mol. The number of carbonyl (C=O) groups is 2. The van der Waals surface area contributed by atoms with E-state index in [1.807, 2.05) is 0 Å². The third kappa shape index (κ3) is 4.70. The molecule has 1 atom stereocenters. The molecule has 1 N–H and O–H groups in total. The number of benzene rings is 2. The number of nitro benzene ring substituents is 1. The number of nitro groups is 1. The molecule has 2 rings (SSSR count). The van der Waals surface area contributed by atoms with Crippen LogP contribution in [0.2, 0.25) is 5.02 Å². The number of halogens is 1. The SMILES string of the molecule is COc1ccc([N+](=O)[O-])cc1C(=O)O[C@@H](C)C(=O)Nc1cccc(Cl)c1. The standard InChI is InChI=1S/C17H15ClN2O6/c1-10(16(21)19-12-5-3-4-11(18)8-12)26-17(22)14-9-13(20(23)24)6-7-15(14)25-2/h3-10H,1-2H3,(H,19,21)/t10-/m0/s1. The minimum atomic E-state index is -1.15. The average Bonchev–Trinajstić information content (AvgIpc) is 2.60. The van der Waals surface area contributed by atoms with Crippen LogP contribution in [0.3, 0.4) is 0 Å². The van der Waals surface area contributed by atoms with Gasteiger partial charge in [-0.3, -0.25) is 14.9 Å². The van der Waals surface area contributed by atoms with Gasteiger partial charge in [0.1, 0.15) is 11.3 Å². The summed E-state index contributed by atoms with van der Waals surface area (Å²) >= 11 is 5.84. The van der Waals surface area contributed by atoms with Crippen molar-refractivity contribution >= 4 is 34.9 Å². The van der Waals surface area contributed by atoms with E-state index in [2.05, 4.69) is 5.32 Å². The summed E-state index contributed by atoms with van der Waals surface area (Å²) in [5.41, 5.74) is -0.00350. The summed E-state index contributed by atoms with van der Waals surface area (Å²) in [7, 11) is 1.31. The van der Waals surface area contributed by atoms with E-state index >= 15 is 0 Å². The molecule has 136 valence electrons. The molecule has 2 aromatic rings. The highest BCUT2D eigenvalue weighted by Crippen LogP contribution is 2.25. The third-order valence-corrected chi connectivity index (χ3v) is 3.59. The number of anilines is 1. The number of hydrogen-bond acceptors (Lipinski definition) is 6. The molecule has 0 aliphatic carbocycles. The van der Waals surface area contributed by atoms with Crippen molar-refractivity contribution in [3.8, 4) is 5.75 Å². The van der Waals surface area contributed by atoms with E-state index in [9.17, 15) is 19.7 Å². The van der Waals surface area contributed by atoms with Crippen molar-refractivity contribution in [1.29, 1.82) is 0 Å². The van der Waals surface area contributed by atoms with Gasteiger partial charge in [-0.2, -0.15) is 0 Å². The second-order valence-electron chi connectivity index (χ2n) is 5.19. The van der Waals surface area contributed by atoms with Crippen LogP contribution in [0.25, 0.3) is 0 Å². The largest absolute Gasteiger partial charge is 0.496 e. The van der Waals surface area contributed by atoms with Crippen LogP contribution >= 0.6 is 11.6 Å². The summed E-state index contributed by atoms with van der Waals surface area (Å²) in [4.78, 5) is 34.7. The van der Waals surface area contributed by atoms with E-state index in [4.69, 9.17) is 21.1 Å². The van der Waals surface area contributed by atoms with Gasteiger partial charge in [0, 0.05) is 22.8 Å². The molecule has 0 aromatic heterocycles. The number of nitrogens with one attached hydrogen (secondary N) is 1. The Morgan fingerprint density at radius 2 is 1.96 bits per heavy atom. The Morgan fingerprint density at radius 1 is 1.23 bits per heavy atom. The van der Waals surface area contributed by atoms with Gasteiger partial charge in [-0.05, 0) is 31.2 Å². The second-order valence-corrected chi connectivity index (χ2v) is 5.63. The molecule has 0 radical (unpaired) electrons. The van der Waals surface area contributed by atoms with E-state index in [-0.39, 0.29) is 17.0 Å². The van der Waals surface area contributed by atoms with E-state index in [0.717, 1.165) is 6.07 Å². The van der Waals surface area contributed by atoms with Crippen molar-refractivity contribution in [2.24, 2.45) is 0 Å². The molecular formula is C17H15ClN2O6. The fourth-order valence-corrected chi connectivity index (χ4v) is 2.25. The average molecular weight is 379 g/mol. The Bertz CT molecular complexity index is 855. The van der Waals surface area contributed by atoms with Gasteiger partial charge in [0.15, 0.2) is 6.10 Å². The van der Waals surface area contributed by atoms with Crippen molar-refractivity contribution in [2.75, 3.05) is 12.4 Å². The van der Waals surface area contributed by atoms with Crippen LogP contribution in [0.1, 0.15) is 17.3 Å². The Labute approximate surface area is 153 Å². The number of non-ortho nitro benzene ring substituents is 1. The maximum atomic E-state index is 12.3. The first kappa shape index (κ1) is 19.2. The lowest BCUT2D eigenvalue weighted by Crippen LogP contribution is -2.30. The van der Waals surface area contributed by atoms with Crippen LogP contribution in [0.4, 0.5) is 11.4 Å². The van der Waals surface area contributed by atoms with Gasteiger partial charge < -0.3 is 14.8 Å². The molecule has 8 nitrogen and oxygen atoms in total. The number of hydrogen-bond donors (Lipinski definition) is 1. The summed E-state index contributed by atoms with van der Waals surface area (Å²) in [6.07, 6.45) is -1.15. The van der Waals surface area contributed by atoms with E-state index in [1.165, 1.54) is 32.2 Å². The van der Waals surface area contributed by atoms with Gasteiger partial charge in [0.2, 0.25) is 0 Å². The first-order valence-electron chi connectivity index (χ1n) is 7.41. The maximum Gasteiger partial charge on any atom is 0.342 e. The topological polar surface area (TPSA) is 108 Å². The molecule has 0 aliphatic heterocycles. The summed E-state index contributed by atoms with van der Waals surface area (Å²) in [6, 6.07) is 9.98. The first-order valence-corrected chi connectivity index (χ1v) is 7.79. The summed E-state index contributed by atoms with van der Waals surface area (Å²) in [5, 5.41) is 13.9. The first-order chi connectivity index (χ1) is 12.3. The number of methoxy groups -OCH3 is 1. The predicted octanol–water partition coefficient (Wildman–Crippen LogP) is 3.44. The number of esters is 1. The normalized spacial score (nSPS) is 11.3.